The molecule has 2 nitrogen and oxygen atoms in total. The Kier molecular flexibility index (Phi) is 2.42. The van der Waals surface area contributed by atoms with Gasteiger partial charge in [-0.05, 0) is 23.6 Å². The fourth-order valence-corrected chi connectivity index (χ4v) is 1.45. The summed E-state index contributed by atoms with van der Waals surface area (Å²) in [7, 11) is 0. The maximum absolute atomic E-state index is 13.5. The fourth-order valence-electron chi connectivity index (χ4n) is 1.45. The van der Waals surface area contributed by atoms with Crippen molar-refractivity contribution in [3.05, 3.63) is 29.4 Å². The summed E-state index contributed by atoms with van der Waals surface area (Å²) >= 11 is 0. The van der Waals surface area contributed by atoms with Crippen LogP contribution in [0.15, 0.2) is 16.5 Å². The van der Waals surface area contributed by atoms with Crippen LogP contribution in [0.3, 0.4) is 0 Å². The molecule has 0 atom stereocenters. The topological polar surface area (TPSA) is 26.0 Å². The van der Waals surface area contributed by atoms with Crippen LogP contribution in [0, 0.1) is 5.82 Å². The third-order valence-electron chi connectivity index (χ3n) is 2.30. The zero-order valence-corrected chi connectivity index (χ0v) is 8.55. The number of rotatable bonds is 2. The highest BCUT2D eigenvalue weighted by Gasteiger charge is 2.12. The summed E-state index contributed by atoms with van der Waals surface area (Å²) in [5, 5.41) is 0. The van der Waals surface area contributed by atoms with Gasteiger partial charge in [0.1, 0.15) is 5.52 Å². The molecule has 0 aliphatic rings. The van der Waals surface area contributed by atoms with Crippen LogP contribution in [0.2, 0.25) is 0 Å². The van der Waals surface area contributed by atoms with E-state index in [4.69, 9.17) is 4.42 Å². The maximum Gasteiger partial charge on any atom is 0.227 e. The zero-order valence-electron chi connectivity index (χ0n) is 8.55. The quantitative estimate of drug-likeness (QED) is 0.759. The lowest BCUT2D eigenvalue weighted by molar-refractivity contribution is 0.393. The summed E-state index contributed by atoms with van der Waals surface area (Å²) in [6.07, 6.45) is 0. The number of hydrogen-bond donors (Lipinski definition) is 0. The van der Waals surface area contributed by atoms with Crippen LogP contribution in [0.25, 0.3) is 11.1 Å². The number of fused-ring (bicyclic) bond motifs is 1. The minimum Gasteiger partial charge on any atom is -0.438 e. The summed E-state index contributed by atoms with van der Waals surface area (Å²) < 4.78 is 30.9. The molecule has 0 unspecified atom stereocenters. The molecule has 0 saturated carbocycles. The maximum atomic E-state index is 13.5. The Labute approximate surface area is 85.9 Å². The van der Waals surface area contributed by atoms with Crippen molar-refractivity contribution < 1.29 is 13.2 Å². The molecule has 0 amide bonds. The molecule has 1 aromatic heterocycles. The standard InChI is InChI=1S/C11H11F2NO/c1-6(2)7-3-8(13)11-9(4-7)15-10(5-12)14-11/h3-4,6H,5H2,1-2H3. The Hall–Kier alpha value is -1.45. The van der Waals surface area contributed by atoms with Crippen molar-refractivity contribution in [1.82, 2.24) is 4.98 Å². The summed E-state index contributed by atoms with van der Waals surface area (Å²) in [6.45, 7) is 3.09. The van der Waals surface area contributed by atoms with E-state index in [2.05, 4.69) is 4.98 Å². The zero-order chi connectivity index (χ0) is 11.0. The first-order valence-electron chi connectivity index (χ1n) is 4.76. The van der Waals surface area contributed by atoms with Gasteiger partial charge in [-0.1, -0.05) is 13.8 Å². The number of nitrogens with zero attached hydrogens (tertiary/aromatic N) is 1. The second-order valence-electron chi connectivity index (χ2n) is 3.75. The molecule has 1 aromatic carbocycles. The summed E-state index contributed by atoms with van der Waals surface area (Å²) in [4.78, 5) is 3.71. The highest BCUT2D eigenvalue weighted by Crippen LogP contribution is 2.25. The molecule has 1 heterocycles. The molecule has 0 aliphatic heterocycles. The second-order valence-corrected chi connectivity index (χ2v) is 3.75. The normalized spacial score (nSPS) is 11.5. The lowest BCUT2D eigenvalue weighted by Crippen LogP contribution is -1.89. The second kappa shape index (κ2) is 3.61. The van der Waals surface area contributed by atoms with Crippen LogP contribution < -0.4 is 0 Å². The van der Waals surface area contributed by atoms with Crippen molar-refractivity contribution in [2.45, 2.75) is 26.4 Å². The first-order chi connectivity index (χ1) is 7.11. The monoisotopic (exact) mass is 211 g/mol. The third kappa shape index (κ3) is 1.71. The molecule has 2 rings (SSSR count). The van der Waals surface area contributed by atoms with E-state index in [1.165, 1.54) is 6.07 Å². The predicted octanol–water partition coefficient (Wildman–Crippen LogP) is 3.56. The van der Waals surface area contributed by atoms with E-state index in [1.807, 2.05) is 13.8 Å². The molecule has 0 spiro atoms. The molecule has 0 saturated heterocycles. The molecule has 0 N–H and O–H groups in total. The van der Waals surface area contributed by atoms with Gasteiger partial charge in [-0.2, -0.15) is 0 Å². The van der Waals surface area contributed by atoms with Gasteiger partial charge in [0, 0.05) is 0 Å². The molecule has 0 aliphatic carbocycles. The molecule has 4 heteroatoms. The van der Waals surface area contributed by atoms with E-state index in [9.17, 15) is 8.78 Å². The van der Waals surface area contributed by atoms with Gasteiger partial charge in [0.05, 0.1) is 0 Å². The van der Waals surface area contributed by atoms with Crippen LogP contribution in [0.5, 0.6) is 0 Å². The van der Waals surface area contributed by atoms with Gasteiger partial charge in [-0.15, -0.1) is 0 Å². The average molecular weight is 211 g/mol. The van der Waals surface area contributed by atoms with E-state index in [1.54, 1.807) is 6.07 Å². The lowest BCUT2D eigenvalue weighted by Gasteiger charge is -2.04. The summed E-state index contributed by atoms with van der Waals surface area (Å²) in [5.74, 6) is -0.340. The van der Waals surface area contributed by atoms with Crippen molar-refractivity contribution in [2.24, 2.45) is 0 Å². The number of aromatic nitrogens is 1. The Bertz CT molecular complexity index is 491. The van der Waals surface area contributed by atoms with Crippen molar-refractivity contribution in [2.75, 3.05) is 0 Å². The Balaban J connectivity index is 2.65. The first-order valence-corrected chi connectivity index (χ1v) is 4.76. The molecule has 15 heavy (non-hydrogen) atoms. The van der Waals surface area contributed by atoms with Crippen molar-refractivity contribution in [3.8, 4) is 0 Å². The Morgan fingerprint density at radius 3 is 2.73 bits per heavy atom. The Morgan fingerprint density at radius 2 is 2.13 bits per heavy atom. The predicted molar refractivity (Wildman–Crippen MR) is 52.9 cm³/mol. The molecule has 2 aromatic rings. The van der Waals surface area contributed by atoms with Crippen molar-refractivity contribution in [1.29, 1.82) is 0 Å². The fraction of sp³-hybridized carbons (Fsp3) is 0.364. The summed E-state index contributed by atoms with van der Waals surface area (Å²) in [5.41, 5.74) is 1.24. The van der Waals surface area contributed by atoms with Crippen LogP contribution in [0.1, 0.15) is 31.2 Å². The first kappa shape index (κ1) is 10.1. The minimum absolute atomic E-state index is 0.0789. The highest BCUT2D eigenvalue weighted by atomic mass is 19.1. The van der Waals surface area contributed by atoms with Crippen molar-refractivity contribution >= 4 is 11.1 Å². The highest BCUT2D eigenvalue weighted by molar-refractivity contribution is 5.74. The smallest absolute Gasteiger partial charge is 0.227 e. The van der Waals surface area contributed by atoms with Crippen LogP contribution in [0.4, 0.5) is 8.78 Å². The van der Waals surface area contributed by atoms with E-state index in [0.717, 1.165) is 5.56 Å². The molecule has 0 fully saturated rings. The van der Waals surface area contributed by atoms with E-state index in [0.29, 0.717) is 5.58 Å². The lowest BCUT2D eigenvalue weighted by atomic mass is 10.0. The largest absolute Gasteiger partial charge is 0.438 e. The molecular formula is C11H11F2NO. The number of halogens is 2. The number of hydrogen-bond acceptors (Lipinski definition) is 2. The third-order valence-corrected chi connectivity index (χ3v) is 2.30. The van der Waals surface area contributed by atoms with Crippen molar-refractivity contribution in [3.63, 3.8) is 0 Å². The van der Waals surface area contributed by atoms with Crippen LogP contribution >= 0.6 is 0 Å². The minimum atomic E-state index is -0.814. The average Bonchev–Trinajstić information content (AvgIpc) is 2.61. The number of oxazole rings is 1. The Morgan fingerprint density at radius 1 is 1.40 bits per heavy atom. The van der Waals surface area contributed by atoms with Gasteiger partial charge in [0.15, 0.2) is 18.1 Å². The van der Waals surface area contributed by atoms with Gasteiger partial charge >= 0.3 is 0 Å². The van der Waals surface area contributed by atoms with Gasteiger partial charge in [-0.3, -0.25) is 0 Å². The number of alkyl halides is 1. The van der Waals surface area contributed by atoms with Gasteiger partial charge in [-0.25, -0.2) is 13.8 Å². The summed E-state index contributed by atoms with van der Waals surface area (Å²) in [6, 6.07) is 3.12. The number of benzene rings is 1. The van der Waals surface area contributed by atoms with E-state index < -0.39 is 12.5 Å². The van der Waals surface area contributed by atoms with E-state index >= 15 is 0 Å². The molecule has 0 radical (unpaired) electrons. The van der Waals surface area contributed by atoms with Gasteiger partial charge in [0.2, 0.25) is 5.89 Å². The van der Waals surface area contributed by atoms with Gasteiger partial charge in [0.25, 0.3) is 0 Å². The molecular weight excluding hydrogens is 200 g/mol. The SMILES string of the molecule is CC(C)c1cc(F)c2nc(CF)oc2c1. The van der Waals surface area contributed by atoms with Gasteiger partial charge < -0.3 is 4.42 Å². The molecule has 0 bridgehead atoms. The molecule has 80 valence electrons. The van der Waals surface area contributed by atoms with Crippen LogP contribution in [-0.4, -0.2) is 4.98 Å². The van der Waals surface area contributed by atoms with E-state index in [-0.39, 0.29) is 17.3 Å². The van der Waals surface area contributed by atoms with Crippen LogP contribution in [-0.2, 0) is 6.67 Å².